The number of hydrogen-bond acceptors (Lipinski definition) is 1. The van der Waals surface area contributed by atoms with Crippen molar-refractivity contribution < 1.29 is 0 Å². The molecular weight excluding hydrogens is 164 g/mol. The van der Waals surface area contributed by atoms with Gasteiger partial charge in [0.1, 0.15) is 0 Å². The van der Waals surface area contributed by atoms with Gasteiger partial charge in [-0.2, -0.15) is 0 Å². The van der Waals surface area contributed by atoms with Crippen LogP contribution in [0, 0.1) is 5.41 Å². The summed E-state index contributed by atoms with van der Waals surface area (Å²) in [5, 5.41) is 2.16. The Kier molecular flexibility index (Phi) is 2.94. The third-order valence-corrected chi connectivity index (χ3v) is 4.11. The molecule has 0 aliphatic carbocycles. The molecule has 1 heteroatoms. The van der Waals surface area contributed by atoms with Crippen molar-refractivity contribution in [2.24, 2.45) is 5.41 Å². The molecule has 1 aromatic heterocycles. The van der Waals surface area contributed by atoms with Crippen LogP contribution in [0.25, 0.3) is 0 Å². The van der Waals surface area contributed by atoms with E-state index < -0.39 is 0 Å². The highest BCUT2D eigenvalue weighted by molar-refractivity contribution is 7.10. The van der Waals surface area contributed by atoms with E-state index in [-0.39, 0.29) is 0 Å². The predicted molar refractivity (Wildman–Crippen MR) is 56.8 cm³/mol. The van der Waals surface area contributed by atoms with E-state index in [2.05, 4.69) is 45.2 Å². The minimum absolute atomic E-state index is 0.435. The van der Waals surface area contributed by atoms with E-state index >= 15 is 0 Å². The molecule has 0 radical (unpaired) electrons. The summed E-state index contributed by atoms with van der Waals surface area (Å²) in [4.78, 5) is 1.52. The molecule has 0 saturated carbocycles. The molecule has 1 heterocycles. The topological polar surface area (TPSA) is 0 Å². The Labute approximate surface area is 79.6 Å². The summed E-state index contributed by atoms with van der Waals surface area (Å²) in [5.41, 5.74) is 0.435. The fourth-order valence-electron chi connectivity index (χ4n) is 1.23. The van der Waals surface area contributed by atoms with Crippen molar-refractivity contribution in [2.75, 3.05) is 0 Å². The van der Waals surface area contributed by atoms with Gasteiger partial charge in [0.25, 0.3) is 0 Å². The average molecular weight is 182 g/mol. The molecule has 1 aromatic rings. The maximum atomic E-state index is 2.34. The SMILES string of the molecule is CCC(C)(C)C(C)c1cccs1. The Hall–Kier alpha value is -0.300. The lowest BCUT2D eigenvalue weighted by Gasteiger charge is -2.29. The summed E-state index contributed by atoms with van der Waals surface area (Å²) < 4.78 is 0. The van der Waals surface area contributed by atoms with Gasteiger partial charge in [0, 0.05) is 4.88 Å². The van der Waals surface area contributed by atoms with Crippen molar-refractivity contribution in [2.45, 2.75) is 40.0 Å². The standard InChI is InChI=1S/C11H18S/c1-5-11(3,4)9(2)10-7-6-8-12-10/h6-9H,5H2,1-4H3. The van der Waals surface area contributed by atoms with E-state index in [4.69, 9.17) is 0 Å². The van der Waals surface area contributed by atoms with E-state index in [1.807, 2.05) is 11.3 Å². The van der Waals surface area contributed by atoms with Gasteiger partial charge in [-0.25, -0.2) is 0 Å². The van der Waals surface area contributed by atoms with Crippen LogP contribution in [0.4, 0.5) is 0 Å². The molecule has 0 aliphatic heterocycles. The summed E-state index contributed by atoms with van der Waals surface area (Å²) in [6, 6.07) is 4.38. The van der Waals surface area contributed by atoms with Crippen LogP contribution in [-0.2, 0) is 0 Å². The molecule has 1 rings (SSSR count). The Morgan fingerprint density at radius 1 is 1.50 bits per heavy atom. The van der Waals surface area contributed by atoms with Crippen molar-refractivity contribution in [3.63, 3.8) is 0 Å². The maximum absolute atomic E-state index is 2.34. The highest BCUT2D eigenvalue weighted by Gasteiger charge is 2.25. The minimum atomic E-state index is 0.435. The maximum Gasteiger partial charge on any atom is 0.00787 e. The number of thiophene rings is 1. The van der Waals surface area contributed by atoms with Crippen LogP contribution < -0.4 is 0 Å². The van der Waals surface area contributed by atoms with Gasteiger partial charge in [-0.3, -0.25) is 0 Å². The lowest BCUT2D eigenvalue weighted by molar-refractivity contribution is 0.292. The van der Waals surface area contributed by atoms with Crippen molar-refractivity contribution >= 4 is 11.3 Å². The summed E-state index contributed by atoms with van der Waals surface area (Å²) >= 11 is 1.87. The van der Waals surface area contributed by atoms with Gasteiger partial charge in [-0.1, -0.05) is 40.2 Å². The zero-order valence-electron chi connectivity index (χ0n) is 8.42. The lowest BCUT2D eigenvalue weighted by Crippen LogP contribution is -2.17. The van der Waals surface area contributed by atoms with Crippen molar-refractivity contribution in [3.05, 3.63) is 22.4 Å². The van der Waals surface area contributed by atoms with Gasteiger partial charge in [0.2, 0.25) is 0 Å². The van der Waals surface area contributed by atoms with Crippen LogP contribution >= 0.6 is 11.3 Å². The molecule has 0 spiro atoms. The van der Waals surface area contributed by atoms with E-state index in [1.54, 1.807) is 0 Å². The molecule has 0 fully saturated rings. The second-order valence-corrected chi connectivity index (χ2v) is 5.06. The van der Waals surface area contributed by atoms with Gasteiger partial charge in [-0.15, -0.1) is 11.3 Å². The average Bonchev–Trinajstić information content (AvgIpc) is 2.55. The first-order valence-electron chi connectivity index (χ1n) is 4.61. The van der Waals surface area contributed by atoms with Crippen LogP contribution in [0.3, 0.4) is 0 Å². The smallest absolute Gasteiger partial charge is 0.00787 e. The minimum Gasteiger partial charge on any atom is -0.149 e. The zero-order valence-corrected chi connectivity index (χ0v) is 9.24. The first-order valence-corrected chi connectivity index (χ1v) is 5.49. The van der Waals surface area contributed by atoms with Gasteiger partial charge in [0.05, 0.1) is 0 Å². The summed E-state index contributed by atoms with van der Waals surface area (Å²) in [6.07, 6.45) is 1.24. The van der Waals surface area contributed by atoms with E-state index in [1.165, 1.54) is 11.3 Å². The monoisotopic (exact) mass is 182 g/mol. The Balaban J connectivity index is 2.78. The second kappa shape index (κ2) is 3.61. The van der Waals surface area contributed by atoms with Crippen LogP contribution in [-0.4, -0.2) is 0 Å². The van der Waals surface area contributed by atoms with Crippen molar-refractivity contribution in [1.29, 1.82) is 0 Å². The van der Waals surface area contributed by atoms with Crippen LogP contribution in [0.1, 0.15) is 44.9 Å². The summed E-state index contributed by atoms with van der Waals surface area (Å²) in [6.45, 7) is 9.29. The van der Waals surface area contributed by atoms with Gasteiger partial charge in [0.15, 0.2) is 0 Å². The Bertz CT molecular complexity index is 221. The molecule has 0 N–H and O–H groups in total. The largest absolute Gasteiger partial charge is 0.149 e. The van der Waals surface area contributed by atoms with Crippen LogP contribution in [0.15, 0.2) is 17.5 Å². The predicted octanol–water partition coefficient (Wildman–Crippen LogP) is 4.29. The molecule has 68 valence electrons. The third kappa shape index (κ3) is 1.89. The first-order chi connectivity index (χ1) is 5.58. The van der Waals surface area contributed by atoms with E-state index in [0.29, 0.717) is 11.3 Å². The van der Waals surface area contributed by atoms with Crippen LogP contribution in [0.5, 0.6) is 0 Å². The van der Waals surface area contributed by atoms with Gasteiger partial charge in [-0.05, 0) is 22.8 Å². The molecule has 0 nitrogen and oxygen atoms in total. The summed E-state index contributed by atoms with van der Waals surface area (Å²) in [7, 11) is 0. The highest BCUT2D eigenvalue weighted by atomic mass is 32.1. The third-order valence-electron chi connectivity index (χ3n) is 3.05. The lowest BCUT2D eigenvalue weighted by atomic mass is 9.77. The zero-order chi connectivity index (χ0) is 9.19. The normalized spacial score (nSPS) is 14.7. The van der Waals surface area contributed by atoms with E-state index in [9.17, 15) is 0 Å². The number of rotatable bonds is 3. The fraction of sp³-hybridized carbons (Fsp3) is 0.636. The molecule has 1 unspecified atom stereocenters. The summed E-state index contributed by atoms with van der Waals surface area (Å²) in [5.74, 6) is 0.683. The molecule has 0 aliphatic rings. The molecule has 0 aromatic carbocycles. The molecule has 0 bridgehead atoms. The molecular formula is C11H18S. The Morgan fingerprint density at radius 2 is 2.17 bits per heavy atom. The van der Waals surface area contributed by atoms with Crippen LogP contribution in [0.2, 0.25) is 0 Å². The fourth-order valence-corrected chi connectivity index (χ4v) is 2.22. The molecule has 0 saturated heterocycles. The molecule has 1 atom stereocenters. The van der Waals surface area contributed by atoms with Gasteiger partial charge < -0.3 is 0 Å². The Morgan fingerprint density at radius 3 is 2.58 bits per heavy atom. The van der Waals surface area contributed by atoms with Crippen molar-refractivity contribution in [3.8, 4) is 0 Å². The second-order valence-electron chi connectivity index (χ2n) is 4.08. The highest BCUT2D eigenvalue weighted by Crippen LogP contribution is 2.39. The molecule has 0 amide bonds. The van der Waals surface area contributed by atoms with Gasteiger partial charge >= 0.3 is 0 Å². The van der Waals surface area contributed by atoms with Crippen molar-refractivity contribution in [1.82, 2.24) is 0 Å². The van der Waals surface area contributed by atoms with E-state index in [0.717, 1.165) is 0 Å². The first kappa shape index (κ1) is 9.79. The number of hydrogen-bond donors (Lipinski definition) is 0. The molecule has 12 heavy (non-hydrogen) atoms. The quantitative estimate of drug-likeness (QED) is 0.654.